The molecule has 1 fully saturated rings. The molecule has 0 unspecified atom stereocenters. The summed E-state index contributed by atoms with van der Waals surface area (Å²) in [5.41, 5.74) is 3.42. The zero-order chi connectivity index (χ0) is 22.0. The molecule has 0 radical (unpaired) electrons. The second-order valence-corrected chi connectivity index (χ2v) is 7.82. The minimum Gasteiger partial charge on any atom is -0.298 e. The number of nitrogens with zero attached hydrogens (tertiary/aromatic N) is 4. The molecule has 3 aromatic rings. The Kier molecular flexibility index (Phi) is 5.65. The van der Waals surface area contributed by atoms with Gasteiger partial charge in [-0.15, -0.1) is 0 Å². The van der Waals surface area contributed by atoms with Gasteiger partial charge < -0.3 is 0 Å². The summed E-state index contributed by atoms with van der Waals surface area (Å²) in [4.78, 5) is 24.6. The highest BCUT2D eigenvalue weighted by atomic mass is 16.2. The van der Waals surface area contributed by atoms with Crippen molar-refractivity contribution in [3.8, 4) is 17.3 Å². The highest BCUT2D eigenvalue weighted by Gasteiger charge is 2.27. The van der Waals surface area contributed by atoms with Crippen LogP contribution in [0.3, 0.4) is 0 Å². The average molecular weight is 413 g/mol. The van der Waals surface area contributed by atoms with E-state index in [1.54, 1.807) is 41.1 Å². The molecular weight excluding hydrogens is 390 g/mol. The summed E-state index contributed by atoms with van der Waals surface area (Å²) in [6.45, 7) is 2.52. The molecule has 0 aliphatic heterocycles. The van der Waals surface area contributed by atoms with Crippen molar-refractivity contribution in [3.05, 3.63) is 70.8 Å². The number of carbonyl (C=O) groups excluding carboxylic acids is 2. The van der Waals surface area contributed by atoms with Gasteiger partial charge in [-0.2, -0.15) is 10.4 Å². The number of benzene rings is 2. The lowest BCUT2D eigenvalue weighted by Gasteiger charge is -2.20. The Bertz CT molecular complexity index is 1170. The lowest BCUT2D eigenvalue weighted by atomic mass is 10.1. The molecular formula is C24H23N5O2. The Morgan fingerprint density at radius 1 is 1.26 bits per heavy atom. The zero-order valence-electron chi connectivity index (χ0n) is 17.3. The lowest BCUT2D eigenvalue weighted by Crippen LogP contribution is -2.40. The van der Waals surface area contributed by atoms with Gasteiger partial charge in [0.05, 0.1) is 22.9 Å². The Labute approximate surface area is 180 Å². The van der Waals surface area contributed by atoms with Gasteiger partial charge in [0.25, 0.3) is 5.91 Å². The van der Waals surface area contributed by atoms with E-state index in [1.165, 1.54) is 12.8 Å². The first-order valence-corrected chi connectivity index (χ1v) is 10.2. The topological polar surface area (TPSA) is 105 Å². The monoisotopic (exact) mass is 413 g/mol. The van der Waals surface area contributed by atoms with Crippen molar-refractivity contribution >= 4 is 18.0 Å². The molecule has 1 amide bonds. The third-order valence-electron chi connectivity index (χ3n) is 5.65. The second kappa shape index (κ2) is 8.54. The number of nitrogens with two attached hydrogens (primary N) is 1. The number of amides is 1. The predicted molar refractivity (Wildman–Crippen MR) is 117 cm³/mol. The number of aryl methyl sites for hydroxylation is 1. The van der Waals surface area contributed by atoms with Gasteiger partial charge >= 0.3 is 0 Å². The molecule has 0 bridgehead atoms. The SMILES string of the molecule is Cc1c(-c2ccc(C#N)cc2)nn(CCC2CC2)c1N(N)C(=O)c1ccccc1C=O. The summed E-state index contributed by atoms with van der Waals surface area (Å²) in [5, 5.41) is 14.9. The van der Waals surface area contributed by atoms with Crippen LogP contribution in [0, 0.1) is 24.2 Å². The summed E-state index contributed by atoms with van der Waals surface area (Å²) < 4.78 is 1.78. The fraction of sp³-hybridized carbons (Fsp3) is 0.250. The molecule has 0 spiro atoms. The zero-order valence-corrected chi connectivity index (χ0v) is 17.3. The molecule has 0 saturated heterocycles. The normalized spacial score (nSPS) is 12.9. The number of carbonyl (C=O) groups is 2. The van der Waals surface area contributed by atoms with E-state index >= 15 is 0 Å². The largest absolute Gasteiger partial charge is 0.298 e. The van der Waals surface area contributed by atoms with Gasteiger partial charge in [0.1, 0.15) is 0 Å². The van der Waals surface area contributed by atoms with Gasteiger partial charge in [-0.25, -0.2) is 15.5 Å². The fourth-order valence-electron chi connectivity index (χ4n) is 3.71. The van der Waals surface area contributed by atoms with Crippen molar-refractivity contribution < 1.29 is 9.59 Å². The van der Waals surface area contributed by atoms with E-state index in [-0.39, 0.29) is 11.1 Å². The summed E-state index contributed by atoms with van der Waals surface area (Å²) in [6.07, 6.45) is 4.06. The highest BCUT2D eigenvalue weighted by molar-refractivity contribution is 6.09. The summed E-state index contributed by atoms with van der Waals surface area (Å²) in [7, 11) is 0. The van der Waals surface area contributed by atoms with Crippen molar-refractivity contribution in [2.45, 2.75) is 32.7 Å². The molecule has 156 valence electrons. The Morgan fingerprint density at radius 2 is 1.97 bits per heavy atom. The first kappa shape index (κ1) is 20.5. The number of hydrazine groups is 1. The third kappa shape index (κ3) is 4.11. The number of hydrogen-bond donors (Lipinski definition) is 1. The van der Waals surface area contributed by atoms with E-state index in [2.05, 4.69) is 6.07 Å². The molecule has 1 heterocycles. The summed E-state index contributed by atoms with van der Waals surface area (Å²) >= 11 is 0. The molecule has 1 aliphatic rings. The first-order chi connectivity index (χ1) is 15.0. The van der Waals surface area contributed by atoms with Crippen LogP contribution in [0.25, 0.3) is 11.3 Å². The van der Waals surface area contributed by atoms with Crippen molar-refractivity contribution in [1.29, 1.82) is 5.26 Å². The molecule has 4 rings (SSSR count). The van der Waals surface area contributed by atoms with Crippen LogP contribution in [0.1, 0.15) is 51.1 Å². The van der Waals surface area contributed by atoms with Gasteiger partial charge in [-0.05, 0) is 37.5 Å². The minimum absolute atomic E-state index is 0.245. The number of anilines is 1. The van der Waals surface area contributed by atoms with Crippen LogP contribution >= 0.6 is 0 Å². The van der Waals surface area contributed by atoms with Crippen LogP contribution in [-0.4, -0.2) is 22.0 Å². The van der Waals surface area contributed by atoms with Crippen LogP contribution in [0.15, 0.2) is 48.5 Å². The van der Waals surface area contributed by atoms with E-state index < -0.39 is 5.91 Å². The molecule has 1 aromatic heterocycles. The Morgan fingerprint density at radius 3 is 2.61 bits per heavy atom. The second-order valence-electron chi connectivity index (χ2n) is 7.82. The van der Waals surface area contributed by atoms with Gasteiger partial charge in [-0.1, -0.05) is 43.2 Å². The number of aldehydes is 1. The molecule has 7 nitrogen and oxygen atoms in total. The molecule has 1 aliphatic carbocycles. The van der Waals surface area contributed by atoms with Crippen molar-refractivity contribution in [2.75, 3.05) is 5.01 Å². The van der Waals surface area contributed by atoms with Gasteiger partial charge in [0, 0.05) is 23.2 Å². The number of nitriles is 1. The maximum Gasteiger partial charge on any atom is 0.274 e. The molecule has 2 N–H and O–H groups in total. The number of hydrogen-bond acceptors (Lipinski definition) is 5. The van der Waals surface area contributed by atoms with E-state index in [0.717, 1.165) is 22.6 Å². The fourth-order valence-corrected chi connectivity index (χ4v) is 3.71. The van der Waals surface area contributed by atoms with Crippen LogP contribution in [0.5, 0.6) is 0 Å². The lowest BCUT2D eigenvalue weighted by molar-refractivity contribution is 0.0978. The minimum atomic E-state index is -0.468. The van der Waals surface area contributed by atoms with Crippen LogP contribution in [0.4, 0.5) is 5.82 Å². The van der Waals surface area contributed by atoms with Crippen LogP contribution < -0.4 is 10.9 Å². The highest BCUT2D eigenvalue weighted by Crippen LogP contribution is 2.35. The average Bonchev–Trinajstić information content (AvgIpc) is 3.58. The van der Waals surface area contributed by atoms with Gasteiger partial charge in [0.15, 0.2) is 12.1 Å². The maximum atomic E-state index is 13.2. The molecule has 31 heavy (non-hydrogen) atoms. The smallest absolute Gasteiger partial charge is 0.274 e. The summed E-state index contributed by atoms with van der Waals surface area (Å²) in [5.74, 6) is 7.04. The number of rotatable bonds is 7. The Hall–Kier alpha value is -3.76. The van der Waals surface area contributed by atoms with Crippen molar-refractivity contribution in [3.63, 3.8) is 0 Å². The van der Waals surface area contributed by atoms with Gasteiger partial charge in [0.2, 0.25) is 0 Å². The number of aromatic nitrogens is 2. The van der Waals surface area contributed by atoms with Crippen molar-refractivity contribution in [2.24, 2.45) is 11.8 Å². The Balaban J connectivity index is 1.75. The predicted octanol–water partition coefficient (Wildman–Crippen LogP) is 3.86. The summed E-state index contributed by atoms with van der Waals surface area (Å²) in [6, 6.07) is 15.9. The molecule has 7 heteroatoms. The quantitative estimate of drug-likeness (QED) is 0.274. The molecule has 1 saturated carbocycles. The first-order valence-electron chi connectivity index (χ1n) is 10.2. The van der Waals surface area contributed by atoms with Crippen LogP contribution in [-0.2, 0) is 6.54 Å². The van der Waals surface area contributed by atoms with Crippen molar-refractivity contribution in [1.82, 2.24) is 9.78 Å². The van der Waals surface area contributed by atoms with E-state index in [1.807, 2.05) is 19.1 Å². The third-order valence-corrected chi connectivity index (χ3v) is 5.65. The van der Waals surface area contributed by atoms with E-state index in [4.69, 9.17) is 16.2 Å². The van der Waals surface area contributed by atoms with E-state index in [0.29, 0.717) is 35.8 Å². The maximum absolute atomic E-state index is 13.2. The van der Waals surface area contributed by atoms with Gasteiger partial charge in [-0.3, -0.25) is 9.59 Å². The standard InChI is InChI=1S/C24H23N5O2/c1-16-22(19-10-8-18(14-25)9-11-19)27-28(13-12-17-6-7-17)23(16)29(26)24(31)21-5-3-2-4-20(21)15-30/h2-5,8-11,15,17H,6-7,12-13,26H2,1H3. The van der Waals surface area contributed by atoms with Crippen LogP contribution in [0.2, 0.25) is 0 Å². The molecule has 2 aromatic carbocycles. The van der Waals surface area contributed by atoms with E-state index in [9.17, 15) is 9.59 Å². The molecule has 0 atom stereocenters.